The molecule has 0 aliphatic carbocycles. The van der Waals surface area contributed by atoms with Crippen LogP contribution in [0.5, 0.6) is 0 Å². The first kappa shape index (κ1) is 16.6. The zero-order valence-corrected chi connectivity index (χ0v) is 14.6. The lowest BCUT2D eigenvalue weighted by atomic mass is 10.2. The molecule has 2 unspecified atom stereocenters. The Hall–Kier alpha value is -0.740. The Bertz CT molecular complexity index is 624. The van der Waals surface area contributed by atoms with Gasteiger partial charge in [0.25, 0.3) is 0 Å². The highest BCUT2D eigenvalue weighted by Crippen LogP contribution is 2.31. The van der Waals surface area contributed by atoms with Gasteiger partial charge in [-0.25, -0.2) is 9.37 Å². The van der Waals surface area contributed by atoms with Crippen molar-refractivity contribution in [1.82, 2.24) is 9.55 Å². The Labute approximate surface area is 135 Å². The topological polar surface area (TPSA) is 17.8 Å². The summed E-state index contributed by atoms with van der Waals surface area (Å²) >= 11 is 8.21. The molecule has 1 heterocycles. The minimum atomic E-state index is -0.213. The van der Waals surface area contributed by atoms with Crippen molar-refractivity contribution in [2.45, 2.75) is 45.5 Å². The molecule has 2 aromatic rings. The molecule has 0 amide bonds. The van der Waals surface area contributed by atoms with Crippen LogP contribution >= 0.6 is 23.4 Å². The van der Waals surface area contributed by atoms with Gasteiger partial charge in [0.15, 0.2) is 0 Å². The average Bonchev–Trinajstić information content (AvgIpc) is 2.78. The van der Waals surface area contributed by atoms with Crippen LogP contribution in [-0.4, -0.2) is 21.1 Å². The van der Waals surface area contributed by atoms with Crippen LogP contribution in [0.4, 0.5) is 4.39 Å². The normalized spacial score (nSPS) is 14.6. The van der Waals surface area contributed by atoms with Crippen molar-refractivity contribution in [3.63, 3.8) is 0 Å². The molecule has 0 fully saturated rings. The maximum Gasteiger partial charge on any atom is 0.128 e. The van der Waals surface area contributed by atoms with Gasteiger partial charge >= 0.3 is 0 Å². The molecular formula is C16H22ClFN2S. The summed E-state index contributed by atoms with van der Waals surface area (Å²) in [6.07, 6.45) is 1.05. The number of nitrogens with zero attached hydrogens (tertiary/aromatic N) is 2. The van der Waals surface area contributed by atoms with Crippen LogP contribution in [0.25, 0.3) is 11.0 Å². The van der Waals surface area contributed by atoms with Gasteiger partial charge in [-0.05, 0) is 50.3 Å². The van der Waals surface area contributed by atoms with Gasteiger partial charge in [0.1, 0.15) is 11.6 Å². The van der Waals surface area contributed by atoms with Crippen molar-refractivity contribution in [3.8, 4) is 0 Å². The van der Waals surface area contributed by atoms with E-state index >= 15 is 0 Å². The van der Waals surface area contributed by atoms with E-state index in [1.54, 1.807) is 6.92 Å². The average molecular weight is 329 g/mol. The lowest BCUT2D eigenvalue weighted by Crippen LogP contribution is -2.11. The summed E-state index contributed by atoms with van der Waals surface area (Å²) in [5.74, 6) is 2.84. The predicted octanol–water partition coefficient (Wildman–Crippen LogP) is 5.49. The zero-order chi connectivity index (χ0) is 15.6. The molecule has 1 aromatic heterocycles. The van der Waals surface area contributed by atoms with E-state index in [2.05, 4.69) is 23.4 Å². The number of aryl methyl sites for hydroxylation is 1. The fourth-order valence-electron chi connectivity index (χ4n) is 2.51. The van der Waals surface area contributed by atoms with Crippen molar-refractivity contribution in [2.24, 2.45) is 0 Å². The van der Waals surface area contributed by atoms with E-state index in [4.69, 9.17) is 11.6 Å². The van der Waals surface area contributed by atoms with Crippen molar-refractivity contribution in [1.29, 1.82) is 0 Å². The Morgan fingerprint density at radius 2 is 2.10 bits per heavy atom. The van der Waals surface area contributed by atoms with Crippen molar-refractivity contribution in [3.05, 3.63) is 29.3 Å². The van der Waals surface area contributed by atoms with Crippen LogP contribution in [0, 0.1) is 12.7 Å². The molecule has 0 aliphatic heterocycles. The minimum absolute atomic E-state index is 0.193. The summed E-state index contributed by atoms with van der Waals surface area (Å²) in [5, 5.41) is -0.193. The van der Waals surface area contributed by atoms with Crippen molar-refractivity contribution >= 4 is 34.4 Å². The molecular weight excluding hydrogens is 307 g/mol. The minimum Gasteiger partial charge on any atom is -0.324 e. The van der Waals surface area contributed by atoms with Gasteiger partial charge in [0, 0.05) is 12.1 Å². The van der Waals surface area contributed by atoms with E-state index in [9.17, 15) is 4.39 Å². The molecule has 2 atom stereocenters. The van der Waals surface area contributed by atoms with Gasteiger partial charge in [0.05, 0.1) is 16.4 Å². The smallest absolute Gasteiger partial charge is 0.128 e. The van der Waals surface area contributed by atoms with Crippen LogP contribution in [-0.2, 0) is 0 Å². The number of hydrogen-bond donors (Lipinski definition) is 0. The molecule has 116 valence electrons. The zero-order valence-electron chi connectivity index (χ0n) is 13.0. The van der Waals surface area contributed by atoms with Crippen LogP contribution < -0.4 is 0 Å². The summed E-state index contributed by atoms with van der Waals surface area (Å²) in [5.41, 5.74) is 2.31. The number of alkyl halides is 1. The Morgan fingerprint density at radius 3 is 2.71 bits per heavy atom. The third-order valence-electron chi connectivity index (χ3n) is 3.68. The first-order chi connectivity index (χ1) is 9.95. The first-order valence-corrected chi connectivity index (χ1v) is 8.94. The largest absolute Gasteiger partial charge is 0.324 e. The predicted molar refractivity (Wildman–Crippen MR) is 91.0 cm³/mol. The molecule has 5 heteroatoms. The van der Waals surface area contributed by atoms with Crippen LogP contribution in [0.2, 0.25) is 0 Å². The van der Waals surface area contributed by atoms with Crippen LogP contribution in [0.1, 0.15) is 50.0 Å². The quantitative estimate of drug-likeness (QED) is 0.515. The molecule has 0 spiro atoms. The summed E-state index contributed by atoms with van der Waals surface area (Å²) in [7, 11) is 0. The molecule has 0 saturated carbocycles. The van der Waals surface area contributed by atoms with Gasteiger partial charge in [-0.15, -0.1) is 11.6 Å². The van der Waals surface area contributed by atoms with E-state index in [0.29, 0.717) is 17.1 Å². The van der Waals surface area contributed by atoms with E-state index in [0.717, 1.165) is 29.3 Å². The number of fused-ring (bicyclic) bond motifs is 1. The molecule has 2 rings (SSSR count). The summed E-state index contributed by atoms with van der Waals surface area (Å²) in [4.78, 5) is 4.55. The number of hydrogen-bond acceptors (Lipinski definition) is 2. The summed E-state index contributed by atoms with van der Waals surface area (Å²) in [6.45, 7) is 8.04. The van der Waals surface area contributed by atoms with Crippen molar-refractivity contribution < 1.29 is 4.39 Å². The van der Waals surface area contributed by atoms with E-state index in [-0.39, 0.29) is 11.2 Å². The third kappa shape index (κ3) is 3.54. The van der Waals surface area contributed by atoms with Gasteiger partial charge in [-0.3, -0.25) is 0 Å². The molecule has 0 aliphatic rings. The Balaban J connectivity index is 2.47. The maximum atomic E-state index is 13.8. The highest BCUT2D eigenvalue weighted by molar-refractivity contribution is 7.99. The summed E-state index contributed by atoms with van der Waals surface area (Å²) in [6, 6.07) is 3.69. The van der Waals surface area contributed by atoms with E-state index in [1.807, 2.05) is 24.8 Å². The fraction of sp³-hybridized carbons (Fsp3) is 0.562. The molecule has 0 radical (unpaired) electrons. The number of benzene rings is 1. The molecule has 0 N–H and O–H groups in total. The molecule has 2 nitrogen and oxygen atoms in total. The Morgan fingerprint density at radius 1 is 1.38 bits per heavy atom. The second-order valence-electron chi connectivity index (χ2n) is 5.38. The Kier molecular flexibility index (Phi) is 5.55. The number of rotatable bonds is 6. The first-order valence-electron chi connectivity index (χ1n) is 7.35. The lowest BCUT2D eigenvalue weighted by molar-refractivity contribution is 0.525. The highest BCUT2D eigenvalue weighted by atomic mass is 35.5. The second kappa shape index (κ2) is 7.01. The number of thioether (sulfide) groups is 1. The summed E-state index contributed by atoms with van der Waals surface area (Å²) < 4.78 is 15.9. The lowest BCUT2D eigenvalue weighted by Gasteiger charge is -2.18. The monoisotopic (exact) mass is 328 g/mol. The van der Waals surface area contributed by atoms with Crippen LogP contribution in [0.15, 0.2) is 12.1 Å². The van der Waals surface area contributed by atoms with Gasteiger partial charge in [-0.1, -0.05) is 6.92 Å². The van der Waals surface area contributed by atoms with Gasteiger partial charge in [0.2, 0.25) is 0 Å². The molecule has 0 saturated heterocycles. The SMILES string of the molecule is CCSCCC(C)n1c(C(C)Cl)nc2cc(F)c(C)cc21. The highest BCUT2D eigenvalue weighted by Gasteiger charge is 2.20. The molecule has 0 bridgehead atoms. The number of aromatic nitrogens is 2. The fourth-order valence-corrected chi connectivity index (χ4v) is 3.46. The van der Waals surface area contributed by atoms with Crippen LogP contribution in [0.3, 0.4) is 0 Å². The third-order valence-corrected chi connectivity index (χ3v) is 4.81. The second-order valence-corrected chi connectivity index (χ2v) is 7.43. The molecule has 1 aromatic carbocycles. The maximum absolute atomic E-state index is 13.8. The van der Waals surface area contributed by atoms with E-state index in [1.165, 1.54) is 6.07 Å². The van der Waals surface area contributed by atoms with Gasteiger partial charge < -0.3 is 4.57 Å². The number of halogens is 2. The van der Waals surface area contributed by atoms with E-state index < -0.39 is 0 Å². The van der Waals surface area contributed by atoms with Crippen molar-refractivity contribution in [2.75, 3.05) is 11.5 Å². The molecule has 21 heavy (non-hydrogen) atoms. The number of imidazole rings is 1. The van der Waals surface area contributed by atoms with Gasteiger partial charge in [-0.2, -0.15) is 11.8 Å². The standard InChI is InChI=1S/C16H22ClFN2S/c1-5-21-7-6-11(3)20-15-8-10(2)13(18)9-14(15)19-16(20)12(4)17/h8-9,11-12H,5-7H2,1-4H3.